The number of rotatable bonds is 6. The Labute approximate surface area is 156 Å². The van der Waals surface area contributed by atoms with E-state index in [0.717, 1.165) is 4.88 Å². The van der Waals surface area contributed by atoms with Crippen LogP contribution in [0.5, 0.6) is 0 Å². The van der Waals surface area contributed by atoms with E-state index in [-0.39, 0.29) is 11.9 Å². The van der Waals surface area contributed by atoms with E-state index in [4.69, 9.17) is 0 Å². The van der Waals surface area contributed by atoms with Crippen molar-refractivity contribution in [1.82, 2.24) is 14.5 Å². The zero-order chi connectivity index (χ0) is 17.9. The number of nitrogens with zero attached hydrogens (tertiary/aromatic N) is 2. The quantitative estimate of drug-likeness (QED) is 0.804. The predicted molar refractivity (Wildman–Crippen MR) is 100 cm³/mol. The summed E-state index contributed by atoms with van der Waals surface area (Å²) >= 11 is 2.85. The molecule has 1 aliphatic rings. The van der Waals surface area contributed by atoms with Gasteiger partial charge in [0.2, 0.25) is 5.91 Å². The summed E-state index contributed by atoms with van der Waals surface area (Å²) in [6, 6.07) is 7.06. The summed E-state index contributed by atoms with van der Waals surface area (Å²) in [6.07, 6.45) is 0. The third-order valence-electron chi connectivity index (χ3n) is 4.31. The zero-order valence-electron chi connectivity index (χ0n) is 13.9. The first-order chi connectivity index (χ1) is 12.0. The van der Waals surface area contributed by atoms with Crippen molar-refractivity contribution in [1.29, 1.82) is 0 Å². The molecule has 9 heteroatoms. The minimum Gasteiger partial charge on any atom is -0.350 e. The molecule has 0 radical (unpaired) electrons. The van der Waals surface area contributed by atoms with Gasteiger partial charge in [-0.1, -0.05) is 12.1 Å². The lowest BCUT2D eigenvalue weighted by Gasteiger charge is -2.36. The van der Waals surface area contributed by atoms with Crippen LogP contribution >= 0.6 is 22.7 Å². The van der Waals surface area contributed by atoms with Gasteiger partial charge in [0.05, 0.1) is 12.6 Å². The van der Waals surface area contributed by atoms with Crippen molar-refractivity contribution in [2.45, 2.75) is 23.7 Å². The lowest BCUT2D eigenvalue weighted by Crippen LogP contribution is -2.54. The molecule has 3 heterocycles. The Morgan fingerprint density at radius 3 is 2.44 bits per heavy atom. The summed E-state index contributed by atoms with van der Waals surface area (Å²) in [5, 5.41) is 6.70. The van der Waals surface area contributed by atoms with Gasteiger partial charge in [0.15, 0.2) is 0 Å². The smallest absolute Gasteiger partial charge is 0.252 e. The van der Waals surface area contributed by atoms with Crippen LogP contribution in [0.15, 0.2) is 39.2 Å². The van der Waals surface area contributed by atoms with E-state index in [9.17, 15) is 13.2 Å². The van der Waals surface area contributed by atoms with Crippen LogP contribution in [-0.2, 0) is 21.4 Å². The largest absolute Gasteiger partial charge is 0.350 e. The van der Waals surface area contributed by atoms with E-state index in [1.807, 2.05) is 29.3 Å². The van der Waals surface area contributed by atoms with E-state index in [1.54, 1.807) is 28.8 Å². The molecule has 0 spiro atoms. The highest BCUT2D eigenvalue weighted by atomic mass is 32.2. The predicted octanol–water partition coefficient (Wildman–Crippen LogP) is 1.82. The zero-order valence-corrected chi connectivity index (χ0v) is 16.4. The molecular formula is C16H21N3O3S3. The molecule has 6 nitrogen and oxygen atoms in total. The molecule has 1 aliphatic heterocycles. The second-order valence-electron chi connectivity index (χ2n) is 5.85. The Balaban J connectivity index is 1.52. The molecule has 1 fully saturated rings. The van der Waals surface area contributed by atoms with Crippen LogP contribution in [0.1, 0.15) is 11.8 Å². The number of nitrogens with one attached hydrogen (secondary N) is 1. The van der Waals surface area contributed by atoms with Gasteiger partial charge in [-0.2, -0.15) is 4.31 Å². The Hall–Kier alpha value is -1.26. The normalized spacial score (nSPS) is 18.1. The minimum absolute atomic E-state index is 0.0250. The molecule has 0 bridgehead atoms. The molecule has 1 N–H and O–H groups in total. The van der Waals surface area contributed by atoms with Crippen LogP contribution in [0.25, 0.3) is 0 Å². The van der Waals surface area contributed by atoms with Crippen molar-refractivity contribution in [3.8, 4) is 0 Å². The molecule has 25 heavy (non-hydrogen) atoms. The van der Waals surface area contributed by atoms with Gasteiger partial charge in [0.25, 0.3) is 10.0 Å². The molecule has 0 unspecified atom stereocenters. The Bertz CT molecular complexity index is 780. The van der Waals surface area contributed by atoms with Gasteiger partial charge in [-0.3, -0.25) is 9.69 Å². The number of thiophene rings is 2. The van der Waals surface area contributed by atoms with Gasteiger partial charge in [0, 0.05) is 31.1 Å². The Morgan fingerprint density at radius 2 is 1.84 bits per heavy atom. The molecule has 3 rings (SSSR count). The van der Waals surface area contributed by atoms with Crippen molar-refractivity contribution >= 4 is 38.6 Å². The highest BCUT2D eigenvalue weighted by Crippen LogP contribution is 2.22. The average molecular weight is 400 g/mol. The maximum atomic E-state index is 12.5. The number of sulfonamides is 1. The monoisotopic (exact) mass is 399 g/mol. The second-order valence-corrected chi connectivity index (χ2v) is 9.99. The molecule has 1 amide bonds. The maximum absolute atomic E-state index is 12.5. The summed E-state index contributed by atoms with van der Waals surface area (Å²) in [7, 11) is -3.40. The number of amides is 1. The van der Waals surface area contributed by atoms with E-state index in [0.29, 0.717) is 36.9 Å². The van der Waals surface area contributed by atoms with Gasteiger partial charge in [0.1, 0.15) is 4.21 Å². The highest BCUT2D eigenvalue weighted by Gasteiger charge is 2.32. The van der Waals surface area contributed by atoms with E-state index < -0.39 is 10.0 Å². The van der Waals surface area contributed by atoms with Crippen molar-refractivity contribution in [2.75, 3.05) is 26.2 Å². The topological polar surface area (TPSA) is 69.7 Å². The fourth-order valence-corrected chi connectivity index (χ4v) is 5.98. The first-order valence-electron chi connectivity index (χ1n) is 8.06. The minimum atomic E-state index is -3.40. The Morgan fingerprint density at radius 1 is 1.16 bits per heavy atom. The molecule has 1 saturated heterocycles. The fraction of sp³-hybridized carbons (Fsp3) is 0.438. The lowest BCUT2D eigenvalue weighted by molar-refractivity contribution is -0.126. The van der Waals surface area contributed by atoms with E-state index in [1.165, 1.54) is 15.6 Å². The average Bonchev–Trinajstić information content (AvgIpc) is 3.32. The van der Waals surface area contributed by atoms with Crippen LogP contribution in [0.2, 0.25) is 0 Å². The second kappa shape index (κ2) is 7.96. The molecule has 1 atom stereocenters. The molecule has 0 saturated carbocycles. The number of carbonyl (C=O) groups excluding carboxylic acids is 1. The fourth-order valence-electron chi connectivity index (χ4n) is 2.77. The molecule has 136 valence electrons. The van der Waals surface area contributed by atoms with Gasteiger partial charge < -0.3 is 5.32 Å². The SMILES string of the molecule is C[C@H](C(=O)NCc1cccs1)N1CCN(S(=O)(=O)c2cccs2)CC1. The molecule has 2 aromatic heterocycles. The van der Waals surface area contributed by atoms with Crippen molar-refractivity contribution < 1.29 is 13.2 Å². The van der Waals surface area contributed by atoms with Crippen molar-refractivity contribution in [3.63, 3.8) is 0 Å². The molecule has 2 aromatic rings. The summed E-state index contributed by atoms with van der Waals surface area (Å²) < 4.78 is 26.9. The van der Waals surface area contributed by atoms with Crippen LogP contribution < -0.4 is 5.32 Å². The lowest BCUT2D eigenvalue weighted by atomic mass is 10.2. The van der Waals surface area contributed by atoms with Gasteiger partial charge >= 0.3 is 0 Å². The molecular weight excluding hydrogens is 378 g/mol. The third-order valence-corrected chi connectivity index (χ3v) is 8.45. The molecule has 0 aromatic carbocycles. The van der Waals surface area contributed by atoms with E-state index >= 15 is 0 Å². The van der Waals surface area contributed by atoms with Crippen LogP contribution in [0.3, 0.4) is 0 Å². The number of piperazine rings is 1. The van der Waals surface area contributed by atoms with Crippen molar-refractivity contribution in [3.05, 3.63) is 39.9 Å². The first-order valence-corrected chi connectivity index (χ1v) is 11.3. The summed E-state index contributed by atoms with van der Waals surface area (Å²) in [5.41, 5.74) is 0. The highest BCUT2D eigenvalue weighted by molar-refractivity contribution is 7.91. The third kappa shape index (κ3) is 4.29. The van der Waals surface area contributed by atoms with Gasteiger partial charge in [-0.05, 0) is 29.8 Å². The number of carbonyl (C=O) groups is 1. The van der Waals surface area contributed by atoms with Gasteiger partial charge in [-0.25, -0.2) is 8.42 Å². The summed E-state index contributed by atoms with van der Waals surface area (Å²) in [4.78, 5) is 15.5. The summed E-state index contributed by atoms with van der Waals surface area (Å²) in [5.74, 6) is -0.0250. The van der Waals surface area contributed by atoms with Crippen molar-refractivity contribution in [2.24, 2.45) is 0 Å². The maximum Gasteiger partial charge on any atom is 0.252 e. The molecule has 0 aliphatic carbocycles. The summed E-state index contributed by atoms with van der Waals surface area (Å²) in [6.45, 7) is 4.32. The van der Waals surface area contributed by atoms with Gasteiger partial charge in [-0.15, -0.1) is 22.7 Å². The Kier molecular flexibility index (Phi) is 5.90. The van der Waals surface area contributed by atoms with Crippen LogP contribution in [0.4, 0.5) is 0 Å². The van der Waals surface area contributed by atoms with Crippen LogP contribution in [0, 0.1) is 0 Å². The number of hydrogen-bond acceptors (Lipinski definition) is 6. The first kappa shape index (κ1) is 18.5. The van der Waals surface area contributed by atoms with Crippen LogP contribution in [-0.4, -0.2) is 55.8 Å². The van der Waals surface area contributed by atoms with E-state index in [2.05, 4.69) is 5.32 Å². The number of hydrogen-bond donors (Lipinski definition) is 1. The standard InChI is InChI=1S/C16H21N3O3S3/c1-13(16(20)17-12-14-4-2-10-23-14)18-6-8-19(9-7-18)25(21,22)15-5-3-11-24-15/h2-5,10-11,13H,6-9,12H2,1H3,(H,17,20)/t13-/m1/s1.